The van der Waals surface area contributed by atoms with Crippen molar-refractivity contribution in [3.63, 3.8) is 0 Å². The Morgan fingerprint density at radius 3 is 2.44 bits per heavy atom. The predicted molar refractivity (Wildman–Crippen MR) is 95.1 cm³/mol. The molecule has 0 saturated carbocycles. The number of nitrogens with one attached hydrogen (secondary N) is 2. The second kappa shape index (κ2) is 7.14. The van der Waals surface area contributed by atoms with Crippen LogP contribution in [0.5, 0.6) is 0 Å². The van der Waals surface area contributed by atoms with Gasteiger partial charge in [0.25, 0.3) is 5.91 Å². The van der Waals surface area contributed by atoms with Gasteiger partial charge in [0.1, 0.15) is 12.7 Å². The summed E-state index contributed by atoms with van der Waals surface area (Å²) in [6, 6.07) is 11.8. The summed E-state index contributed by atoms with van der Waals surface area (Å²) in [7, 11) is 0. The fourth-order valence-corrected chi connectivity index (χ4v) is 2.42. The molecule has 0 fully saturated rings. The van der Waals surface area contributed by atoms with Gasteiger partial charge in [0.05, 0.1) is 16.4 Å². The monoisotopic (exact) mass is 355 g/mol. The second-order valence-electron chi connectivity index (χ2n) is 5.22. The van der Waals surface area contributed by atoms with Crippen LogP contribution in [0.15, 0.2) is 55.1 Å². The Balaban J connectivity index is 1.71. The summed E-state index contributed by atoms with van der Waals surface area (Å²) in [6.45, 7) is 1.40. The Morgan fingerprint density at radius 2 is 1.84 bits per heavy atom. The molecule has 0 aliphatic carbocycles. The van der Waals surface area contributed by atoms with Gasteiger partial charge in [-0.15, -0.1) is 0 Å². The maximum absolute atomic E-state index is 12.3. The molecule has 2 aromatic carbocycles. The van der Waals surface area contributed by atoms with E-state index >= 15 is 0 Å². The number of hydrogen-bond donors (Lipinski definition) is 2. The van der Waals surface area contributed by atoms with Crippen molar-refractivity contribution in [3.05, 3.63) is 65.7 Å². The molecule has 1 aromatic heterocycles. The fraction of sp³-hybridized carbons (Fsp3) is 0.0588. The van der Waals surface area contributed by atoms with Crippen LogP contribution in [-0.4, -0.2) is 26.6 Å². The van der Waals surface area contributed by atoms with E-state index in [4.69, 9.17) is 11.6 Å². The van der Waals surface area contributed by atoms with Gasteiger partial charge in [-0.3, -0.25) is 9.59 Å². The molecule has 7 nitrogen and oxygen atoms in total. The van der Waals surface area contributed by atoms with Crippen molar-refractivity contribution in [1.29, 1.82) is 0 Å². The zero-order valence-electron chi connectivity index (χ0n) is 13.2. The number of aromatic nitrogens is 3. The highest BCUT2D eigenvalue weighted by atomic mass is 35.5. The van der Waals surface area contributed by atoms with Crippen molar-refractivity contribution < 1.29 is 9.59 Å². The van der Waals surface area contributed by atoms with Crippen LogP contribution >= 0.6 is 11.6 Å². The molecule has 0 saturated heterocycles. The van der Waals surface area contributed by atoms with Crippen LogP contribution in [0.3, 0.4) is 0 Å². The zero-order valence-corrected chi connectivity index (χ0v) is 14.0. The summed E-state index contributed by atoms with van der Waals surface area (Å²) in [6.07, 6.45) is 3.02. The van der Waals surface area contributed by atoms with Crippen LogP contribution in [0.25, 0.3) is 5.69 Å². The van der Waals surface area contributed by atoms with E-state index in [2.05, 4.69) is 20.7 Å². The number of amides is 2. The Labute approximate surface area is 148 Å². The number of rotatable bonds is 4. The first-order valence-corrected chi connectivity index (χ1v) is 7.74. The van der Waals surface area contributed by atoms with Gasteiger partial charge in [-0.1, -0.05) is 11.6 Å². The molecule has 3 rings (SSSR count). The maximum Gasteiger partial charge on any atom is 0.255 e. The van der Waals surface area contributed by atoms with E-state index in [0.717, 1.165) is 5.69 Å². The standard InChI is InChI=1S/C17H14ClN5O2/c1-11(24)21-16-7-4-13(8-15(16)18)22-17(25)12-2-5-14(6-3-12)23-10-19-9-20-23/h2-10H,1H3,(H,21,24)(H,22,25). The molecular weight excluding hydrogens is 342 g/mol. The number of carbonyl (C=O) groups is 2. The van der Waals surface area contributed by atoms with Crippen LogP contribution in [-0.2, 0) is 4.79 Å². The van der Waals surface area contributed by atoms with Gasteiger partial charge in [0.2, 0.25) is 5.91 Å². The lowest BCUT2D eigenvalue weighted by Crippen LogP contribution is -2.12. The first kappa shape index (κ1) is 16.7. The highest BCUT2D eigenvalue weighted by Gasteiger charge is 2.09. The average molecular weight is 356 g/mol. The summed E-state index contributed by atoms with van der Waals surface area (Å²) in [4.78, 5) is 27.3. The number of nitrogens with zero attached hydrogens (tertiary/aromatic N) is 3. The number of hydrogen-bond acceptors (Lipinski definition) is 4. The topological polar surface area (TPSA) is 88.9 Å². The van der Waals surface area contributed by atoms with Crippen LogP contribution in [0, 0.1) is 0 Å². The summed E-state index contributed by atoms with van der Waals surface area (Å²) < 4.78 is 1.60. The number of benzene rings is 2. The summed E-state index contributed by atoms with van der Waals surface area (Å²) in [5, 5.41) is 9.74. The lowest BCUT2D eigenvalue weighted by molar-refractivity contribution is -0.114. The minimum atomic E-state index is -0.270. The molecule has 0 aliphatic heterocycles. The van der Waals surface area contributed by atoms with E-state index in [0.29, 0.717) is 22.0 Å². The van der Waals surface area contributed by atoms with Crippen molar-refractivity contribution in [3.8, 4) is 5.69 Å². The van der Waals surface area contributed by atoms with E-state index < -0.39 is 0 Å². The molecule has 1 heterocycles. The van der Waals surface area contributed by atoms with Gasteiger partial charge in [0.15, 0.2) is 0 Å². The van der Waals surface area contributed by atoms with Crippen molar-refractivity contribution in [2.45, 2.75) is 6.92 Å². The third-order valence-electron chi connectivity index (χ3n) is 3.35. The molecule has 126 valence electrons. The minimum absolute atomic E-state index is 0.217. The summed E-state index contributed by atoms with van der Waals surface area (Å²) in [5.74, 6) is -0.486. The molecule has 0 aliphatic rings. The fourth-order valence-electron chi connectivity index (χ4n) is 2.19. The second-order valence-corrected chi connectivity index (χ2v) is 5.62. The van der Waals surface area contributed by atoms with E-state index in [1.54, 1.807) is 53.5 Å². The minimum Gasteiger partial charge on any atom is -0.325 e. The van der Waals surface area contributed by atoms with Crippen molar-refractivity contribution >= 4 is 34.8 Å². The molecule has 25 heavy (non-hydrogen) atoms. The molecule has 0 unspecified atom stereocenters. The number of halogens is 1. The van der Waals surface area contributed by atoms with Crippen LogP contribution in [0.1, 0.15) is 17.3 Å². The average Bonchev–Trinajstić information content (AvgIpc) is 3.12. The number of anilines is 2. The van der Waals surface area contributed by atoms with Crippen LogP contribution < -0.4 is 10.6 Å². The predicted octanol–water partition coefficient (Wildman–Crippen LogP) is 3.13. The third kappa shape index (κ3) is 4.02. The molecule has 8 heteroatoms. The first-order valence-electron chi connectivity index (χ1n) is 7.36. The summed E-state index contributed by atoms with van der Waals surface area (Å²) in [5.41, 5.74) is 2.32. The van der Waals surface area contributed by atoms with Crippen molar-refractivity contribution in [2.75, 3.05) is 10.6 Å². The molecule has 0 radical (unpaired) electrons. The zero-order chi connectivity index (χ0) is 17.8. The molecular formula is C17H14ClN5O2. The third-order valence-corrected chi connectivity index (χ3v) is 3.66. The van der Waals surface area contributed by atoms with Crippen molar-refractivity contribution in [2.24, 2.45) is 0 Å². The molecule has 3 aromatic rings. The Hall–Kier alpha value is -3.19. The van der Waals surface area contributed by atoms with E-state index in [9.17, 15) is 9.59 Å². The smallest absolute Gasteiger partial charge is 0.255 e. The SMILES string of the molecule is CC(=O)Nc1ccc(NC(=O)c2ccc(-n3cncn3)cc2)cc1Cl. The lowest BCUT2D eigenvalue weighted by Gasteiger charge is -2.09. The van der Waals surface area contributed by atoms with E-state index in [-0.39, 0.29) is 11.8 Å². The Kier molecular flexibility index (Phi) is 4.76. The number of carbonyl (C=O) groups excluding carboxylic acids is 2. The maximum atomic E-state index is 12.3. The van der Waals surface area contributed by atoms with Gasteiger partial charge in [-0.2, -0.15) is 5.10 Å². The van der Waals surface area contributed by atoms with Crippen LogP contribution in [0.2, 0.25) is 5.02 Å². The highest BCUT2D eigenvalue weighted by Crippen LogP contribution is 2.25. The Morgan fingerprint density at radius 1 is 1.08 bits per heavy atom. The molecule has 0 bridgehead atoms. The molecule has 0 atom stereocenters. The van der Waals surface area contributed by atoms with Gasteiger partial charge >= 0.3 is 0 Å². The van der Waals surface area contributed by atoms with E-state index in [1.807, 2.05) is 0 Å². The molecule has 2 amide bonds. The Bertz CT molecular complexity index is 907. The largest absolute Gasteiger partial charge is 0.325 e. The highest BCUT2D eigenvalue weighted by molar-refractivity contribution is 6.34. The normalized spacial score (nSPS) is 10.3. The van der Waals surface area contributed by atoms with Gasteiger partial charge in [-0.05, 0) is 42.5 Å². The molecule has 0 spiro atoms. The first-order chi connectivity index (χ1) is 12.0. The van der Waals surface area contributed by atoms with Gasteiger partial charge in [0, 0.05) is 18.2 Å². The molecule has 2 N–H and O–H groups in total. The van der Waals surface area contributed by atoms with Crippen molar-refractivity contribution in [1.82, 2.24) is 14.8 Å². The summed E-state index contributed by atoms with van der Waals surface area (Å²) >= 11 is 6.10. The lowest BCUT2D eigenvalue weighted by atomic mass is 10.2. The quantitative estimate of drug-likeness (QED) is 0.752. The van der Waals surface area contributed by atoms with Gasteiger partial charge < -0.3 is 10.6 Å². The van der Waals surface area contributed by atoms with Gasteiger partial charge in [-0.25, -0.2) is 9.67 Å². The van der Waals surface area contributed by atoms with E-state index in [1.165, 1.54) is 13.3 Å². The van der Waals surface area contributed by atoms with Crippen LogP contribution in [0.4, 0.5) is 11.4 Å².